The van der Waals surface area contributed by atoms with Crippen LogP contribution in [0.25, 0.3) is 6.08 Å². The largest absolute Gasteiger partial charge is 0.478 e. The average molecular weight is 409 g/mol. The molecule has 4 nitrogen and oxygen atoms in total. The molecule has 1 aromatic carbocycles. The molecule has 1 saturated carbocycles. The fourth-order valence-electron chi connectivity index (χ4n) is 3.30. The summed E-state index contributed by atoms with van der Waals surface area (Å²) < 4.78 is 5.34. The number of ether oxygens (including phenoxy) is 1. The van der Waals surface area contributed by atoms with E-state index in [1.54, 1.807) is 23.1 Å². The molecule has 0 radical (unpaired) electrons. The Morgan fingerprint density at radius 1 is 1.31 bits per heavy atom. The molecule has 26 heavy (non-hydrogen) atoms. The number of hydrogen-bond acceptors (Lipinski definition) is 3. The molecule has 3 rings (SSSR count). The molecule has 1 aliphatic heterocycles. The van der Waals surface area contributed by atoms with Crippen molar-refractivity contribution in [1.82, 2.24) is 10.2 Å². The maximum absolute atomic E-state index is 12.8. The van der Waals surface area contributed by atoms with E-state index in [2.05, 4.69) is 11.2 Å². The normalized spacial score (nSPS) is 19.6. The van der Waals surface area contributed by atoms with Gasteiger partial charge in [0.2, 0.25) is 0 Å². The van der Waals surface area contributed by atoms with Crippen molar-refractivity contribution in [3.05, 3.63) is 33.4 Å². The van der Waals surface area contributed by atoms with E-state index in [4.69, 9.17) is 46.6 Å². The van der Waals surface area contributed by atoms with Gasteiger partial charge < -0.3 is 10.1 Å². The third kappa shape index (κ3) is 3.98. The smallest absolute Gasteiger partial charge is 0.276 e. The summed E-state index contributed by atoms with van der Waals surface area (Å²) in [6, 6.07) is 3.52. The molecule has 1 aliphatic carbocycles. The van der Waals surface area contributed by atoms with Gasteiger partial charge in [0.25, 0.3) is 5.91 Å². The van der Waals surface area contributed by atoms with Gasteiger partial charge in [0.05, 0.1) is 10.0 Å². The third-order valence-electron chi connectivity index (χ3n) is 4.48. The predicted octanol–water partition coefficient (Wildman–Crippen LogP) is 4.40. The van der Waals surface area contributed by atoms with Crippen molar-refractivity contribution < 1.29 is 9.53 Å². The molecule has 0 bridgehead atoms. The summed E-state index contributed by atoms with van der Waals surface area (Å²) in [5.74, 6) is 2.59. The number of terminal acetylenes is 1. The van der Waals surface area contributed by atoms with E-state index < -0.39 is 0 Å². The van der Waals surface area contributed by atoms with E-state index in [1.807, 2.05) is 0 Å². The van der Waals surface area contributed by atoms with Gasteiger partial charge in [-0.1, -0.05) is 48.4 Å². The van der Waals surface area contributed by atoms with Gasteiger partial charge in [-0.15, -0.1) is 6.42 Å². The van der Waals surface area contributed by atoms with E-state index in [9.17, 15) is 4.79 Å². The lowest BCUT2D eigenvalue weighted by molar-refractivity contribution is -0.124. The molecule has 1 amide bonds. The highest BCUT2D eigenvalue weighted by Gasteiger charge is 2.36. The molecule has 1 saturated heterocycles. The third-order valence-corrected chi connectivity index (χ3v) is 5.34. The Morgan fingerprint density at radius 2 is 1.96 bits per heavy atom. The SMILES string of the molecule is C#CCOc1c(Cl)cc(/C=C2\NC(=S)N(C3CCCCC3)C2=O)cc1Cl. The Morgan fingerprint density at radius 3 is 2.58 bits per heavy atom. The molecule has 1 N–H and O–H groups in total. The van der Waals surface area contributed by atoms with Crippen molar-refractivity contribution in [2.45, 2.75) is 38.1 Å². The van der Waals surface area contributed by atoms with E-state index in [0.29, 0.717) is 32.2 Å². The Bertz CT molecular complexity index is 787. The molecule has 1 aromatic rings. The van der Waals surface area contributed by atoms with Crippen LogP contribution < -0.4 is 10.1 Å². The summed E-state index contributed by atoms with van der Waals surface area (Å²) >= 11 is 17.8. The van der Waals surface area contributed by atoms with Crippen LogP contribution in [0.5, 0.6) is 5.75 Å². The van der Waals surface area contributed by atoms with Crippen LogP contribution in [0.4, 0.5) is 0 Å². The standard InChI is InChI=1S/C19H18Cl2N2O2S/c1-2-8-25-17-14(20)9-12(10-15(17)21)11-16-18(24)23(19(26)22-16)13-6-4-3-5-7-13/h1,9-11,13H,3-8H2,(H,22,26)/b16-11-. The molecular formula is C19H18Cl2N2O2S. The van der Waals surface area contributed by atoms with Gasteiger partial charge in [-0.2, -0.15) is 0 Å². The fraction of sp³-hybridized carbons (Fsp3) is 0.368. The number of nitrogens with zero attached hydrogens (tertiary/aromatic N) is 1. The van der Waals surface area contributed by atoms with Gasteiger partial charge in [0.15, 0.2) is 10.9 Å². The summed E-state index contributed by atoms with van der Waals surface area (Å²) in [7, 11) is 0. The van der Waals surface area contributed by atoms with Crippen LogP contribution in [0, 0.1) is 12.3 Å². The summed E-state index contributed by atoms with van der Waals surface area (Å²) in [5.41, 5.74) is 1.10. The van der Waals surface area contributed by atoms with Crippen LogP contribution in [-0.2, 0) is 4.79 Å². The second-order valence-electron chi connectivity index (χ2n) is 6.26. The second-order valence-corrected chi connectivity index (χ2v) is 7.46. The Labute approximate surface area is 168 Å². The molecule has 7 heteroatoms. The maximum atomic E-state index is 12.8. The van der Waals surface area contributed by atoms with Gasteiger partial charge in [0.1, 0.15) is 12.3 Å². The minimum Gasteiger partial charge on any atom is -0.478 e. The number of benzene rings is 1. The molecular weight excluding hydrogens is 391 g/mol. The van der Waals surface area contributed by atoms with E-state index in [-0.39, 0.29) is 18.6 Å². The Kier molecular flexibility index (Phi) is 6.08. The molecule has 136 valence electrons. The first-order valence-corrected chi connectivity index (χ1v) is 9.59. The fourth-order valence-corrected chi connectivity index (χ4v) is 4.26. The summed E-state index contributed by atoms with van der Waals surface area (Å²) in [5, 5.41) is 4.13. The van der Waals surface area contributed by atoms with E-state index >= 15 is 0 Å². The highest BCUT2D eigenvalue weighted by molar-refractivity contribution is 7.80. The number of carbonyl (C=O) groups is 1. The van der Waals surface area contributed by atoms with Gasteiger partial charge in [-0.05, 0) is 48.8 Å². The summed E-state index contributed by atoms with van der Waals surface area (Å²) in [6.07, 6.45) is 12.3. The zero-order chi connectivity index (χ0) is 18.7. The van der Waals surface area contributed by atoms with Crippen LogP contribution in [0.1, 0.15) is 37.7 Å². The first kappa shape index (κ1) is 19.0. The van der Waals surface area contributed by atoms with Gasteiger partial charge >= 0.3 is 0 Å². The second kappa shape index (κ2) is 8.30. The van der Waals surface area contributed by atoms with Crippen molar-refractivity contribution in [2.75, 3.05) is 6.61 Å². The quantitative estimate of drug-likeness (QED) is 0.455. The summed E-state index contributed by atoms with van der Waals surface area (Å²) in [6.45, 7) is 0.0739. The van der Waals surface area contributed by atoms with Crippen molar-refractivity contribution in [1.29, 1.82) is 0 Å². The molecule has 2 fully saturated rings. The molecule has 0 spiro atoms. The van der Waals surface area contributed by atoms with Gasteiger partial charge in [0, 0.05) is 6.04 Å². The average Bonchev–Trinajstić information content (AvgIpc) is 2.88. The number of hydrogen-bond donors (Lipinski definition) is 1. The zero-order valence-corrected chi connectivity index (χ0v) is 16.4. The lowest BCUT2D eigenvalue weighted by Crippen LogP contribution is -2.41. The van der Waals surface area contributed by atoms with Crippen molar-refractivity contribution in [3.63, 3.8) is 0 Å². The number of nitrogens with one attached hydrogen (secondary N) is 1. The van der Waals surface area contributed by atoms with Gasteiger partial charge in [-0.3, -0.25) is 9.69 Å². The number of amides is 1. The first-order chi connectivity index (χ1) is 12.5. The molecule has 1 heterocycles. The first-order valence-electron chi connectivity index (χ1n) is 8.43. The Hall–Kier alpha value is -1.74. The van der Waals surface area contributed by atoms with Crippen LogP contribution >= 0.6 is 35.4 Å². The topological polar surface area (TPSA) is 41.6 Å². The van der Waals surface area contributed by atoms with Crippen LogP contribution in [-0.4, -0.2) is 28.6 Å². The lowest BCUT2D eigenvalue weighted by Gasteiger charge is -2.29. The molecule has 2 aliphatic rings. The van der Waals surface area contributed by atoms with Crippen molar-refractivity contribution in [3.8, 4) is 18.1 Å². The van der Waals surface area contributed by atoms with E-state index in [1.165, 1.54) is 6.42 Å². The Balaban J connectivity index is 1.83. The number of thiocarbonyl (C=S) groups is 1. The number of carbonyl (C=O) groups excluding carboxylic acids is 1. The number of halogens is 2. The predicted molar refractivity (Wildman–Crippen MR) is 108 cm³/mol. The summed E-state index contributed by atoms with van der Waals surface area (Å²) in [4.78, 5) is 14.5. The maximum Gasteiger partial charge on any atom is 0.276 e. The van der Waals surface area contributed by atoms with Crippen molar-refractivity contribution in [2.24, 2.45) is 0 Å². The van der Waals surface area contributed by atoms with Crippen LogP contribution in [0.15, 0.2) is 17.8 Å². The lowest BCUT2D eigenvalue weighted by atomic mass is 9.94. The zero-order valence-electron chi connectivity index (χ0n) is 14.1. The monoisotopic (exact) mass is 408 g/mol. The highest BCUT2D eigenvalue weighted by atomic mass is 35.5. The van der Waals surface area contributed by atoms with Crippen LogP contribution in [0.2, 0.25) is 10.0 Å². The van der Waals surface area contributed by atoms with E-state index in [0.717, 1.165) is 25.7 Å². The van der Waals surface area contributed by atoms with Crippen molar-refractivity contribution >= 4 is 52.5 Å². The van der Waals surface area contributed by atoms with Gasteiger partial charge in [-0.25, -0.2) is 0 Å². The molecule has 0 aromatic heterocycles. The minimum atomic E-state index is -0.109. The van der Waals surface area contributed by atoms with Crippen LogP contribution in [0.3, 0.4) is 0 Å². The minimum absolute atomic E-state index is 0.0739. The number of rotatable bonds is 4. The highest BCUT2D eigenvalue weighted by Crippen LogP contribution is 2.35. The molecule has 0 atom stereocenters. The molecule has 0 unspecified atom stereocenters.